The summed E-state index contributed by atoms with van der Waals surface area (Å²) in [5.74, 6) is 0.870. The lowest BCUT2D eigenvalue weighted by molar-refractivity contribution is 0.0733. The van der Waals surface area contributed by atoms with E-state index in [4.69, 9.17) is 19.7 Å². The van der Waals surface area contributed by atoms with Crippen molar-refractivity contribution in [3.8, 4) is 11.5 Å². The molecule has 0 saturated carbocycles. The fourth-order valence-corrected chi connectivity index (χ4v) is 2.10. The molecule has 0 aliphatic heterocycles. The van der Waals surface area contributed by atoms with Gasteiger partial charge in [0, 0.05) is 25.7 Å². The van der Waals surface area contributed by atoms with Crippen molar-refractivity contribution < 1.29 is 18.8 Å². The number of benzene rings is 1. The highest BCUT2D eigenvalue weighted by atomic mass is 16.5. The molecule has 0 spiro atoms. The molecular weight excluding hydrogens is 298 g/mol. The van der Waals surface area contributed by atoms with Crippen molar-refractivity contribution in [3.05, 3.63) is 41.8 Å². The van der Waals surface area contributed by atoms with Crippen molar-refractivity contribution in [1.29, 1.82) is 0 Å². The van der Waals surface area contributed by atoms with Crippen LogP contribution in [0.3, 0.4) is 0 Å². The molecule has 0 aliphatic carbocycles. The summed E-state index contributed by atoms with van der Waals surface area (Å²) in [6.45, 7) is 2.55. The minimum absolute atomic E-state index is 0.185. The summed E-state index contributed by atoms with van der Waals surface area (Å²) in [6, 6.07) is 6.58. The molecule has 23 heavy (non-hydrogen) atoms. The molecule has 0 bridgehead atoms. The number of nitrogens with two attached hydrogens (primary N) is 1. The Labute approximate surface area is 134 Å². The lowest BCUT2D eigenvalue weighted by atomic mass is 10.1. The monoisotopic (exact) mass is 319 g/mol. The maximum atomic E-state index is 12.8. The second-order valence-corrected chi connectivity index (χ2v) is 5.02. The molecule has 2 rings (SSSR count). The third-order valence-electron chi connectivity index (χ3n) is 3.58. The fourth-order valence-electron chi connectivity index (χ4n) is 2.10. The number of methoxy groups -OCH3 is 1. The molecule has 1 aromatic heterocycles. The largest absolute Gasteiger partial charge is 0.497 e. The first-order valence-electron chi connectivity index (χ1n) is 7.26. The lowest BCUT2D eigenvalue weighted by Crippen LogP contribution is -2.30. The highest BCUT2D eigenvalue weighted by Crippen LogP contribution is 2.28. The minimum atomic E-state index is -0.231. The van der Waals surface area contributed by atoms with Gasteiger partial charge in [-0.1, -0.05) is 5.16 Å². The summed E-state index contributed by atoms with van der Waals surface area (Å²) < 4.78 is 15.6. The van der Waals surface area contributed by atoms with Crippen LogP contribution in [0.1, 0.15) is 29.0 Å². The Morgan fingerprint density at radius 2 is 2.22 bits per heavy atom. The van der Waals surface area contributed by atoms with Gasteiger partial charge in [-0.2, -0.15) is 0 Å². The predicted molar refractivity (Wildman–Crippen MR) is 84.6 cm³/mol. The number of carbonyl (C=O) groups is 1. The number of nitrogens with zero attached hydrogens (tertiary/aromatic N) is 2. The van der Waals surface area contributed by atoms with Crippen LogP contribution in [0.25, 0.3) is 0 Å². The molecule has 0 radical (unpaired) electrons. The van der Waals surface area contributed by atoms with E-state index in [0.717, 1.165) is 0 Å². The molecule has 2 N–H and O–H groups in total. The van der Waals surface area contributed by atoms with E-state index in [0.29, 0.717) is 35.9 Å². The van der Waals surface area contributed by atoms with Crippen molar-refractivity contribution in [2.24, 2.45) is 5.73 Å². The van der Waals surface area contributed by atoms with Crippen molar-refractivity contribution in [3.63, 3.8) is 0 Å². The number of hydrogen-bond donors (Lipinski definition) is 1. The SMILES string of the molecule is COc1ccc(C(=O)N(C)[C@H](C)c2ccon2)c(OCCN)c1. The topological polar surface area (TPSA) is 90.8 Å². The Morgan fingerprint density at radius 3 is 2.83 bits per heavy atom. The minimum Gasteiger partial charge on any atom is -0.497 e. The molecular formula is C16H21N3O4. The Bertz CT molecular complexity index is 643. The normalized spacial score (nSPS) is 11.8. The van der Waals surface area contributed by atoms with Crippen LogP contribution < -0.4 is 15.2 Å². The molecule has 2 aromatic rings. The van der Waals surface area contributed by atoms with Crippen molar-refractivity contribution >= 4 is 5.91 Å². The molecule has 0 fully saturated rings. The zero-order valence-corrected chi connectivity index (χ0v) is 13.5. The first kappa shape index (κ1) is 16.8. The summed E-state index contributed by atoms with van der Waals surface area (Å²) >= 11 is 0. The highest BCUT2D eigenvalue weighted by molar-refractivity contribution is 5.97. The second-order valence-electron chi connectivity index (χ2n) is 5.02. The van der Waals surface area contributed by atoms with E-state index in [1.165, 1.54) is 6.26 Å². The van der Waals surface area contributed by atoms with Gasteiger partial charge in [-0.25, -0.2) is 0 Å². The summed E-state index contributed by atoms with van der Waals surface area (Å²) in [5, 5.41) is 3.88. The third kappa shape index (κ3) is 3.81. The summed E-state index contributed by atoms with van der Waals surface area (Å²) in [6.07, 6.45) is 1.48. The molecule has 0 unspecified atom stereocenters. The van der Waals surface area contributed by atoms with Crippen molar-refractivity contribution in [1.82, 2.24) is 10.1 Å². The van der Waals surface area contributed by atoms with E-state index in [1.54, 1.807) is 43.3 Å². The molecule has 7 heteroatoms. The van der Waals surface area contributed by atoms with Gasteiger partial charge in [0.2, 0.25) is 0 Å². The van der Waals surface area contributed by atoms with Gasteiger partial charge in [-0.3, -0.25) is 4.79 Å². The van der Waals surface area contributed by atoms with Crippen LogP contribution in [0.2, 0.25) is 0 Å². The zero-order chi connectivity index (χ0) is 16.8. The first-order valence-corrected chi connectivity index (χ1v) is 7.26. The van der Waals surface area contributed by atoms with Crippen LogP contribution >= 0.6 is 0 Å². The van der Waals surface area contributed by atoms with Gasteiger partial charge >= 0.3 is 0 Å². The van der Waals surface area contributed by atoms with Crippen LogP contribution in [0.15, 0.2) is 35.1 Å². The zero-order valence-electron chi connectivity index (χ0n) is 13.5. The van der Waals surface area contributed by atoms with Crippen LogP contribution in [0.4, 0.5) is 0 Å². The molecule has 124 valence electrons. The van der Waals surface area contributed by atoms with E-state index in [2.05, 4.69) is 5.16 Å². The van der Waals surface area contributed by atoms with Gasteiger partial charge in [-0.05, 0) is 19.1 Å². The van der Waals surface area contributed by atoms with E-state index in [1.807, 2.05) is 6.92 Å². The van der Waals surface area contributed by atoms with Gasteiger partial charge in [0.05, 0.1) is 18.7 Å². The van der Waals surface area contributed by atoms with Crippen LogP contribution in [0.5, 0.6) is 11.5 Å². The maximum absolute atomic E-state index is 12.8. The van der Waals surface area contributed by atoms with Crippen molar-refractivity contribution in [2.75, 3.05) is 27.3 Å². The number of hydrogen-bond acceptors (Lipinski definition) is 6. The Morgan fingerprint density at radius 1 is 1.43 bits per heavy atom. The molecule has 1 heterocycles. The predicted octanol–water partition coefficient (Wildman–Crippen LogP) is 1.85. The Balaban J connectivity index is 2.26. The van der Waals surface area contributed by atoms with E-state index < -0.39 is 0 Å². The van der Waals surface area contributed by atoms with E-state index >= 15 is 0 Å². The lowest BCUT2D eigenvalue weighted by Gasteiger charge is -2.24. The number of aromatic nitrogens is 1. The van der Waals surface area contributed by atoms with E-state index in [9.17, 15) is 4.79 Å². The first-order chi connectivity index (χ1) is 11.1. The smallest absolute Gasteiger partial charge is 0.257 e. The van der Waals surface area contributed by atoms with Crippen LogP contribution in [-0.2, 0) is 0 Å². The van der Waals surface area contributed by atoms with Crippen molar-refractivity contribution in [2.45, 2.75) is 13.0 Å². The quantitative estimate of drug-likeness (QED) is 0.837. The second kappa shape index (κ2) is 7.64. The van der Waals surface area contributed by atoms with Crippen LogP contribution in [-0.4, -0.2) is 43.3 Å². The summed E-state index contributed by atoms with van der Waals surface area (Å²) in [7, 11) is 3.26. The van der Waals surface area contributed by atoms with Gasteiger partial charge in [-0.15, -0.1) is 0 Å². The number of rotatable bonds is 7. The summed E-state index contributed by atoms with van der Waals surface area (Å²) in [5.41, 5.74) is 6.60. The van der Waals surface area contributed by atoms with Gasteiger partial charge in [0.1, 0.15) is 30.1 Å². The molecule has 1 atom stereocenters. The Kier molecular flexibility index (Phi) is 5.59. The molecule has 0 saturated heterocycles. The molecule has 7 nitrogen and oxygen atoms in total. The van der Waals surface area contributed by atoms with E-state index in [-0.39, 0.29) is 11.9 Å². The average molecular weight is 319 g/mol. The number of amides is 1. The third-order valence-corrected chi connectivity index (χ3v) is 3.58. The number of ether oxygens (including phenoxy) is 2. The molecule has 0 aliphatic rings. The standard InChI is InChI=1S/C16H21N3O4/c1-11(14-6-8-23-18-14)19(2)16(20)13-5-4-12(21-3)10-15(13)22-9-7-17/h4-6,8,10-11H,7,9,17H2,1-3H3/t11-/m1/s1. The summed E-state index contributed by atoms with van der Waals surface area (Å²) in [4.78, 5) is 14.4. The van der Waals surface area contributed by atoms with Gasteiger partial charge in [0.25, 0.3) is 5.91 Å². The average Bonchev–Trinajstić information content (AvgIpc) is 3.12. The van der Waals surface area contributed by atoms with Crippen LogP contribution in [0, 0.1) is 0 Å². The fraction of sp³-hybridized carbons (Fsp3) is 0.375. The molecule has 1 amide bonds. The highest BCUT2D eigenvalue weighted by Gasteiger charge is 2.23. The van der Waals surface area contributed by atoms with Gasteiger partial charge in [0.15, 0.2) is 0 Å². The number of carbonyl (C=O) groups excluding carboxylic acids is 1. The molecule has 1 aromatic carbocycles. The Hall–Kier alpha value is -2.54. The maximum Gasteiger partial charge on any atom is 0.257 e. The van der Waals surface area contributed by atoms with Gasteiger partial charge < -0.3 is 24.6 Å².